The van der Waals surface area contributed by atoms with E-state index in [2.05, 4.69) is 10.6 Å². The number of amides is 2. The predicted molar refractivity (Wildman–Crippen MR) is 107 cm³/mol. The zero-order valence-corrected chi connectivity index (χ0v) is 16.6. The molecule has 2 aromatic rings. The number of nitrogens with one attached hydrogen (secondary N) is 2. The van der Waals surface area contributed by atoms with Crippen LogP contribution in [0.2, 0.25) is 0 Å². The van der Waals surface area contributed by atoms with Gasteiger partial charge in [-0.15, -0.1) is 11.3 Å². The molecule has 1 aromatic carbocycles. The van der Waals surface area contributed by atoms with E-state index in [9.17, 15) is 9.59 Å². The summed E-state index contributed by atoms with van der Waals surface area (Å²) < 4.78 is 5.73. The maximum Gasteiger partial charge on any atom is 0.262 e. The van der Waals surface area contributed by atoms with Gasteiger partial charge in [0, 0.05) is 19.1 Å². The molecule has 2 amide bonds. The zero-order chi connectivity index (χ0) is 19.3. The molecule has 3 rings (SSSR count). The summed E-state index contributed by atoms with van der Waals surface area (Å²) in [7, 11) is 0. The summed E-state index contributed by atoms with van der Waals surface area (Å²) in [6.45, 7) is 4.69. The van der Waals surface area contributed by atoms with Crippen molar-refractivity contribution >= 4 is 23.2 Å². The Morgan fingerprint density at radius 2 is 2.00 bits per heavy atom. The Labute approximate surface area is 164 Å². The molecule has 1 aliphatic rings. The molecule has 1 fully saturated rings. The van der Waals surface area contributed by atoms with Crippen LogP contribution in [0, 0.1) is 0 Å². The normalized spacial score (nSPS) is 19.9. The molecule has 0 spiro atoms. The monoisotopic (exact) mass is 386 g/mol. The van der Waals surface area contributed by atoms with Gasteiger partial charge in [-0.2, -0.15) is 0 Å². The van der Waals surface area contributed by atoms with E-state index < -0.39 is 6.04 Å². The van der Waals surface area contributed by atoms with E-state index in [-0.39, 0.29) is 23.5 Å². The molecule has 1 saturated heterocycles. The molecule has 0 aliphatic carbocycles. The SMILES string of the molecule is CC1(C)C[C@@H](NC(=O)[C@@H](Cc2ccccc2)NC(=O)c2cccs2)CCO1. The number of rotatable bonds is 6. The minimum absolute atomic E-state index is 0.0539. The van der Waals surface area contributed by atoms with Crippen LogP contribution < -0.4 is 10.6 Å². The molecule has 0 radical (unpaired) electrons. The molecule has 0 unspecified atom stereocenters. The van der Waals surface area contributed by atoms with E-state index in [4.69, 9.17) is 4.74 Å². The molecular weight excluding hydrogens is 360 g/mol. The van der Waals surface area contributed by atoms with Gasteiger partial charge in [-0.25, -0.2) is 0 Å². The second-order valence-corrected chi connectivity index (χ2v) is 8.45. The molecule has 1 aromatic heterocycles. The largest absolute Gasteiger partial charge is 0.375 e. The average molecular weight is 387 g/mol. The second kappa shape index (κ2) is 8.67. The highest BCUT2D eigenvalue weighted by atomic mass is 32.1. The van der Waals surface area contributed by atoms with Gasteiger partial charge in [0.1, 0.15) is 6.04 Å². The highest BCUT2D eigenvalue weighted by molar-refractivity contribution is 7.12. The highest BCUT2D eigenvalue weighted by Gasteiger charge is 2.31. The van der Waals surface area contributed by atoms with Crippen molar-refractivity contribution in [3.05, 3.63) is 58.3 Å². The third kappa shape index (κ3) is 5.65. The van der Waals surface area contributed by atoms with Crippen LogP contribution in [0.4, 0.5) is 0 Å². The number of carbonyl (C=O) groups is 2. The summed E-state index contributed by atoms with van der Waals surface area (Å²) in [4.78, 5) is 26.1. The maximum absolute atomic E-state index is 13.0. The van der Waals surface area contributed by atoms with E-state index in [0.717, 1.165) is 18.4 Å². The van der Waals surface area contributed by atoms with Gasteiger partial charge in [-0.05, 0) is 43.7 Å². The van der Waals surface area contributed by atoms with Gasteiger partial charge in [0.25, 0.3) is 5.91 Å². The van der Waals surface area contributed by atoms with Crippen molar-refractivity contribution < 1.29 is 14.3 Å². The van der Waals surface area contributed by atoms with Gasteiger partial charge < -0.3 is 15.4 Å². The summed E-state index contributed by atoms with van der Waals surface area (Å²) in [6.07, 6.45) is 2.00. The van der Waals surface area contributed by atoms with Gasteiger partial charge in [-0.1, -0.05) is 36.4 Å². The Hall–Kier alpha value is -2.18. The first-order valence-corrected chi connectivity index (χ1v) is 10.1. The van der Waals surface area contributed by atoms with Crippen molar-refractivity contribution in [3.63, 3.8) is 0 Å². The van der Waals surface area contributed by atoms with Crippen molar-refractivity contribution in [1.29, 1.82) is 0 Å². The predicted octanol–water partition coefficient (Wildman–Crippen LogP) is 3.16. The maximum atomic E-state index is 13.0. The fourth-order valence-corrected chi connectivity index (χ4v) is 3.98. The fraction of sp³-hybridized carbons (Fsp3) is 0.429. The van der Waals surface area contributed by atoms with Crippen molar-refractivity contribution in [2.24, 2.45) is 0 Å². The van der Waals surface area contributed by atoms with Gasteiger partial charge in [-0.3, -0.25) is 9.59 Å². The van der Waals surface area contributed by atoms with E-state index in [1.54, 1.807) is 6.07 Å². The number of thiophene rings is 1. The van der Waals surface area contributed by atoms with Crippen molar-refractivity contribution in [2.75, 3.05) is 6.61 Å². The summed E-state index contributed by atoms with van der Waals surface area (Å²) >= 11 is 1.37. The molecule has 2 atom stereocenters. The van der Waals surface area contributed by atoms with Crippen LogP contribution in [0.15, 0.2) is 47.8 Å². The molecule has 0 saturated carbocycles. The Morgan fingerprint density at radius 3 is 2.67 bits per heavy atom. The number of benzene rings is 1. The Morgan fingerprint density at radius 1 is 1.22 bits per heavy atom. The second-order valence-electron chi connectivity index (χ2n) is 7.50. The van der Waals surface area contributed by atoms with E-state index in [1.165, 1.54) is 11.3 Å². The van der Waals surface area contributed by atoms with Gasteiger partial charge in [0.15, 0.2) is 0 Å². The number of hydrogen-bond acceptors (Lipinski definition) is 4. The van der Waals surface area contributed by atoms with Crippen LogP contribution in [0.1, 0.15) is 41.9 Å². The van der Waals surface area contributed by atoms with E-state index in [0.29, 0.717) is 17.9 Å². The molecule has 2 N–H and O–H groups in total. The quantitative estimate of drug-likeness (QED) is 0.801. The molecule has 2 heterocycles. The van der Waals surface area contributed by atoms with Crippen LogP contribution in [-0.2, 0) is 16.0 Å². The summed E-state index contributed by atoms with van der Waals surface area (Å²) in [5.41, 5.74) is 0.766. The third-order valence-corrected chi connectivity index (χ3v) is 5.56. The first-order valence-electron chi connectivity index (χ1n) is 9.25. The molecule has 0 bridgehead atoms. The lowest BCUT2D eigenvalue weighted by Crippen LogP contribution is -2.53. The third-order valence-electron chi connectivity index (χ3n) is 4.69. The Balaban J connectivity index is 1.70. The van der Waals surface area contributed by atoms with Crippen LogP contribution in [0.5, 0.6) is 0 Å². The molecule has 5 nitrogen and oxygen atoms in total. The minimum atomic E-state index is -0.618. The lowest BCUT2D eigenvalue weighted by Gasteiger charge is -2.36. The Kier molecular flexibility index (Phi) is 6.29. The molecule has 144 valence electrons. The van der Waals surface area contributed by atoms with Crippen molar-refractivity contribution in [1.82, 2.24) is 10.6 Å². The molecule has 6 heteroatoms. The van der Waals surface area contributed by atoms with E-state index in [1.807, 2.05) is 55.6 Å². The highest BCUT2D eigenvalue weighted by Crippen LogP contribution is 2.24. The first-order chi connectivity index (χ1) is 12.9. The topological polar surface area (TPSA) is 67.4 Å². The van der Waals surface area contributed by atoms with Crippen molar-refractivity contribution in [3.8, 4) is 0 Å². The van der Waals surface area contributed by atoms with Gasteiger partial charge >= 0.3 is 0 Å². The first kappa shape index (κ1) is 19.6. The van der Waals surface area contributed by atoms with Gasteiger partial charge in [0.2, 0.25) is 5.91 Å². The number of carbonyl (C=O) groups excluding carboxylic acids is 2. The number of ether oxygens (including phenoxy) is 1. The smallest absolute Gasteiger partial charge is 0.262 e. The summed E-state index contributed by atoms with van der Waals surface area (Å²) in [6, 6.07) is 12.8. The van der Waals surface area contributed by atoms with Crippen LogP contribution in [-0.4, -0.2) is 36.1 Å². The average Bonchev–Trinajstić information content (AvgIpc) is 3.16. The van der Waals surface area contributed by atoms with Crippen LogP contribution in [0.25, 0.3) is 0 Å². The Bertz CT molecular complexity index is 759. The molecular formula is C21H26N2O3S. The summed E-state index contributed by atoms with van der Waals surface area (Å²) in [5, 5.41) is 7.87. The lowest BCUT2D eigenvalue weighted by atomic mass is 9.93. The minimum Gasteiger partial charge on any atom is -0.375 e. The van der Waals surface area contributed by atoms with Crippen LogP contribution >= 0.6 is 11.3 Å². The summed E-state index contributed by atoms with van der Waals surface area (Å²) in [5.74, 6) is -0.361. The lowest BCUT2D eigenvalue weighted by molar-refractivity contribution is -0.126. The van der Waals surface area contributed by atoms with E-state index >= 15 is 0 Å². The number of hydrogen-bond donors (Lipinski definition) is 2. The molecule has 1 aliphatic heterocycles. The van der Waals surface area contributed by atoms with Gasteiger partial charge in [0.05, 0.1) is 10.5 Å². The fourth-order valence-electron chi connectivity index (χ4n) is 3.35. The molecule has 27 heavy (non-hydrogen) atoms. The van der Waals surface area contributed by atoms with Crippen molar-refractivity contribution in [2.45, 2.75) is 50.8 Å². The zero-order valence-electron chi connectivity index (χ0n) is 15.7. The standard InChI is InChI=1S/C21H26N2O3S/c1-21(2)14-16(10-11-26-21)22-19(24)17(13-15-7-4-3-5-8-15)23-20(25)18-9-6-12-27-18/h3-9,12,16-17H,10-11,13-14H2,1-2H3,(H,22,24)(H,23,25)/t16-,17+/m0/s1. The van der Waals surface area contributed by atoms with Crippen LogP contribution in [0.3, 0.4) is 0 Å².